The molecule has 1 aromatic carbocycles. The lowest BCUT2D eigenvalue weighted by atomic mass is 10.1. The van der Waals surface area contributed by atoms with Gasteiger partial charge in [0.15, 0.2) is 0 Å². The van der Waals surface area contributed by atoms with Crippen molar-refractivity contribution < 1.29 is 19.8 Å². The number of rotatable bonds is 6. The highest BCUT2D eigenvalue weighted by Gasteiger charge is 2.16. The summed E-state index contributed by atoms with van der Waals surface area (Å²) in [5, 5.41) is 20.7. The van der Waals surface area contributed by atoms with E-state index in [-0.39, 0.29) is 22.0 Å². The first kappa shape index (κ1) is 15.9. The van der Waals surface area contributed by atoms with Crippen LogP contribution in [0.15, 0.2) is 18.2 Å². The van der Waals surface area contributed by atoms with Gasteiger partial charge in [-0.05, 0) is 31.0 Å². The lowest BCUT2D eigenvalue weighted by Gasteiger charge is -2.12. The average molecular weight is 297 g/mol. The van der Waals surface area contributed by atoms with Gasteiger partial charge in [0, 0.05) is 5.69 Å². The SMILES string of the molecule is NC(=S)CCC(N)C(=O)Nc1ccc(O)c(C(=O)O)c1. The highest BCUT2D eigenvalue weighted by Crippen LogP contribution is 2.21. The first-order valence-corrected chi connectivity index (χ1v) is 6.13. The van der Waals surface area contributed by atoms with Gasteiger partial charge in [-0.25, -0.2) is 4.79 Å². The number of amides is 1. The highest BCUT2D eigenvalue weighted by atomic mass is 32.1. The largest absolute Gasteiger partial charge is 0.507 e. The fraction of sp³-hybridized carbons (Fsp3) is 0.250. The van der Waals surface area contributed by atoms with Gasteiger partial charge in [0.25, 0.3) is 0 Å². The van der Waals surface area contributed by atoms with Crippen LogP contribution in [-0.2, 0) is 4.79 Å². The molecule has 0 saturated carbocycles. The van der Waals surface area contributed by atoms with E-state index in [2.05, 4.69) is 17.5 Å². The molecule has 0 heterocycles. The van der Waals surface area contributed by atoms with Crippen LogP contribution in [0.3, 0.4) is 0 Å². The lowest BCUT2D eigenvalue weighted by molar-refractivity contribution is -0.117. The second kappa shape index (κ2) is 6.83. The van der Waals surface area contributed by atoms with Crippen LogP contribution < -0.4 is 16.8 Å². The summed E-state index contributed by atoms with van der Waals surface area (Å²) in [4.78, 5) is 22.9. The second-order valence-corrected chi connectivity index (χ2v) is 4.66. The van der Waals surface area contributed by atoms with E-state index < -0.39 is 17.9 Å². The maximum atomic E-state index is 11.8. The smallest absolute Gasteiger partial charge is 0.339 e. The number of aromatic hydroxyl groups is 1. The number of nitrogens with one attached hydrogen (secondary N) is 1. The minimum atomic E-state index is -1.30. The number of anilines is 1. The number of hydrogen-bond acceptors (Lipinski definition) is 5. The number of benzene rings is 1. The molecule has 1 aromatic rings. The molecule has 0 aliphatic carbocycles. The van der Waals surface area contributed by atoms with Crippen molar-refractivity contribution in [2.75, 3.05) is 5.32 Å². The van der Waals surface area contributed by atoms with E-state index in [0.717, 1.165) is 6.07 Å². The van der Waals surface area contributed by atoms with Crippen molar-refractivity contribution in [3.8, 4) is 5.75 Å². The third kappa shape index (κ3) is 4.48. The van der Waals surface area contributed by atoms with Crippen molar-refractivity contribution in [2.24, 2.45) is 11.5 Å². The van der Waals surface area contributed by atoms with Gasteiger partial charge < -0.3 is 27.0 Å². The predicted molar refractivity (Wildman–Crippen MR) is 77.7 cm³/mol. The van der Waals surface area contributed by atoms with Crippen LogP contribution in [-0.4, -0.2) is 33.1 Å². The van der Waals surface area contributed by atoms with Gasteiger partial charge in [0.1, 0.15) is 11.3 Å². The first-order valence-electron chi connectivity index (χ1n) is 5.72. The molecule has 1 atom stereocenters. The van der Waals surface area contributed by atoms with Gasteiger partial charge in [0.2, 0.25) is 5.91 Å². The molecule has 0 spiro atoms. The van der Waals surface area contributed by atoms with Crippen molar-refractivity contribution in [3.05, 3.63) is 23.8 Å². The van der Waals surface area contributed by atoms with Crippen LogP contribution in [0.5, 0.6) is 5.75 Å². The fourth-order valence-corrected chi connectivity index (χ4v) is 1.57. The molecule has 0 fully saturated rings. The van der Waals surface area contributed by atoms with Gasteiger partial charge in [-0.3, -0.25) is 4.79 Å². The van der Waals surface area contributed by atoms with E-state index in [9.17, 15) is 14.7 Å². The van der Waals surface area contributed by atoms with E-state index in [1.54, 1.807) is 0 Å². The molecular formula is C12H15N3O4S. The minimum Gasteiger partial charge on any atom is -0.507 e. The fourth-order valence-electron chi connectivity index (χ4n) is 1.45. The molecule has 0 radical (unpaired) electrons. The second-order valence-electron chi connectivity index (χ2n) is 4.14. The molecule has 0 saturated heterocycles. The molecule has 1 amide bonds. The monoisotopic (exact) mass is 297 g/mol. The lowest BCUT2D eigenvalue weighted by Crippen LogP contribution is -2.36. The molecule has 7 nitrogen and oxygen atoms in total. The zero-order valence-corrected chi connectivity index (χ0v) is 11.3. The molecule has 0 aliphatic heterocycles. The molecule has 7 N–H and O–H groups in total. The Morgan fingerprint density at radius 3 is 2.60 bits per heavy atom. The predicted octanol–water partition coefficient (Wildman–Crippen LogP) is 0.422. The third-order valence-electron chi connectivity index (χ3n) is 2.53. The van der Waals surface area contributed by atoms with Gasteiger partial charge >= 0.3 is 5.97 Å². The van der Waals surface area contributed by atoms with Crippen LogP contribution in [0.4, 0.5) is 5.69 Å². The van der Waals surface area contributed by atoms with E-state index >= 15 is 0 Å². The summed E-state index contributed by atoms with van der Waals surface area (Å²) in [6.07, 6.45) is 0.644. The third-order valence-corrected chi connectivity index (χ3v) is 2.74. The quantitative estimate of drug-likeness (QED) is 0.379. The van der Waals surface area contributed by atoms with Gasteiger partial charge in [-0.15, -0.1) is 0 Å². The van der Waals surface area contributed by atoms with Gasteiger partial charge in [0.05, 0.1) is 11.0 Å². The number of thiocarbonyl (C=S) groups is 1. The first-order chi connectivity index (χ1) is 9.31. The topological polar surface area (TPSA) is 139 Å². The maximum Gasteiger partial charge on any atom is 0.339 e. The average Bonchev–Trinajstić information content (AvgIpc) is 2.37. The number of phenols is 1. The maximum absolute atomic E-state index is 11.8. The van der Waals surface area contributed by atoms with Crippen LogP contribution in [0, 0.1) is 0 Å². The normalized spacial score (nSPS) is 11.7. The summed E-state index contributed by atoms with van der Waals surface area (Å²) in [5.41, 5.74) is 10.9. The summed E-state index contributed by atoms with van der Waals surface area (Å²) < 4.78 is 0. The Hall–Kier alpha value is -2.19. The number of aromatic carboxylic acids is 1. The van der Waals surface area contributed by atoms with E-state index in [1.807, 2.05) is 0 Å². The summed E-state index contributed by atoms with van der Waals surface area (Å²) in [6.45, 7) is 0. The Bertz CT molecular complexity index is 548. The molecule has 0 aliphatic rings. The zero-order valence-electron chi connectivity index (χ0n) is 10.5. The van der Waals surface area contributed by atoms with Crippen molar-refractivity contribution in [2.45, 2.75) is 18.9 Å². The number of carbonyl (C=O) groups excluding carboxylic acids is 1. The minimum absolute atomic E-state index is 0.232. The van der Waals surface area contributed by atoms with E-state index in [4.69, 9.17) is 16.6 Å². The molecule has 20 heavy (non-hydrogen) atoms. The van der Waals surface area contributed by atoms with Crippen molar-refractivity contribution in [1.82, 2.24) is 0 Å². The van der Waals surface area contributed by atoms with Crippen molar-refractivity contribution in [3.63, 3.8) is 0 Å². The molecule has 8 heteroatoms. The Kier molecular flexibility index (Phi) is 5.42. The Morgan fingerprint density at radius 1 is 1.40 bits per heavy atom. The molecule has 1 rings (SSSR count). The Labute approximate surface area is 120 Å². The summed E-state index contributed by atoms with van der Waals surface area (Å²) in [6, 6.07) is 2.90. The number of nitrogens with two attached hydrogens (primary N) is 2. The van der Waals surface area contributed by atoms with Crippen molar-refractivity contribution >= 4 is 34.8 Å². The Balaban J connectivity index is 2.73. The van der Waals surface area contributed by atoms with Crippen LogP contribution in [0.2, 0.25) is 0 Å². The van der Waals surface area contributed by atoms with Crippen molar-refractivity contribution in [1.29, 1.82) is 0 Å². The van der Waals surface area contributed by atoms with Gasteiger partial charge in [-0.1, -0.05) is 12.2 Å². The van der Waals surface area contributed by atoms with Gasteiger partial charge in [-0.2, -0.15) is 0 Å². The van der Waals surface area contributed by atoms with Crippen LogP contribution in [0.25, 0.3) is 0 Å². The van der Waals surface area contributed by atoms with Crippen LogP contribution in [0.1, 0.15) is 23.2 Å². The molecule has 1 unspecified atom stereocenters. The van der Waals surface area contributed by atoms with E-state index in [1.165, 1.54) is 12.1 Å². The summed E-state index contributed by atoms with van der Waals surface area (Å²) >= 11 is 4.69. The summed E-state index contributed by atoms with van der Waals surface area (Å²) in [5.74, 6) is -2.16. The Morgan fingerprint density at radius 2 is 2.05 bits per heavy atom. The standard InChI is InChI=1S/C12H15N3O4S/c13-8(2-4-10(14)20)11(17)15-6-1-3-9(16)7(5-6)12(18)19/h1,3,5,8,16H,2,4,13H2,(H2,14,20)(H,15,17)(H,18,19). The van der Waals surface area contributed by atoms with E-state index in [0.29, 0.717) is 12.8 Å². The van der Waals surface area contributed by atoms with Crippen LogP contribution >= 0.6 is 12.2 Å². The number of carboxylic acids is 1. The summed E-state index contributed by atoms with van der Waals surface area (Å²) in [7, 11) is 0. The molecule has 108 valence electrons. The molecule has 0 bridgehead atoms. The number of carboxylic acid groups (broad SMARTS) is 1. The number of hydrogen-bond donors (Lipinski definition) is 5. The molecular weight excluding hydrogens is 282 g/mol. The zero-order chi connectivity index (χ0) is 15.3. The molecule has 0 aromatic heterocycles. The highest BCUT2D eigenvalue weighted by molar-refractivity contribution is 7.80. The number of carbonyl (C=O) groups is 2.